The quantitative estimate of drug-likeness (QED) is 0.753. The van der Waals surface area contributed by atoms with Crippen LogP contribution in [0, 0.1) is 19.7 Å². The third-order valence-electron chi connectivity index (χ3n) is 2.89. The molecule has 0 unspecified atom stereocenters. The van der Waals surface area contributed by atoms with E-state index in [9.17, 15) is 12.8 Å². The van der Waals surface area contributed by atoms with E-state index in [1.165, 1.54) is 12.1 Å². The lowest BCUT2D eigenvalue weighted by Gasteiger charge is -2.13. The first-order valence-corrected chi connectivity index (χ1v) is 9.02. The van der Waals surface area contributed by atoms with Crippen LogP contribution in [0.15, 0.2) is 44.2 Å². The Morgan fingerprint density at radius 1 is 1.05 bits per heavy atom. The van der Waals surface area contributed by atoms with Gasteiger partial charge in [0.25, 0.3) is 10.0 Å². The molecular weight excluding hydrogens is 425 g/mol. The van der Waals surface area contributed by atoms with Gasteiger partial charge < -0.3 is 0 Å². The summed E-state index contributed by atoms with van der Waals surface area (Å²) < 4.78 is 41.6. The topological polar surface area (TPSA) is 46.2 Å². The second kappa shape index (κ2) is 6.06. The van der Waals surface area contributed by atoms with Gasteiger partial charge in [0, 0.05) is 4.47 Å². The summed E-state index contributed by atoms with van der Waals surface area (Å²) >= 11 is 6.30. The van der Waals surface area contributed by atoms with Crippen molar-refractivity contribution in [3.05, 3.63) is 56.2 Å². The molecule has 0 spiro atoms. The number of aryl methyl sites for hydroxylation is 2. The summed E-state index contributed by atoms with van der Waals surface area (Å²) in [6.45, 7) is 3.56. The number of rotatable bonds is 3. The maximum Gasteiger partial charge on any atom is 0.263 e. The van der Waals surface area contributed by atoms with Crippen molar-refractivity contribution in [3.8, 4) is 0 Å². The van der Waals surface area contributed by atoms with E-state index >= 15 is 0 Å². The van der Waals surface area contributed by atoms with Crippen molar-refractivity contribution in [2.45, 2.75) is 18.7 Å². The average molecular weight is 437 g/mol. The van der Waals surface area contributed by atoms with Crippen LogP contribution in [-0.2, 0) is 10.0 Å². The highest BCUT2D eigenvalue weighted by Gasteiger charge is 2.19. The van der Waals surface area contributed by atoms with E-state index in [0.717, 1.165) is 11.6 Å². The van der Waals surface area contributed by atoms with Crippen LogP contribution in [0.2, 0.25) is 0 Å². The Hall–Kier alpha value is -0.920. The lowest BCUT2D eigenvalue weighted by atomic mass is 10.2. The Morgan fingerprint density at radius 3 is 2.33 bits per heavy atom. The Balaban J connectivity index is 2.45. The van der Waals surface area contributed by atoms with E-state index in [2.05, 4.69) is 36.6 Å². The maximum atomic E-state index is 13.6. The van der Waals surface area contributed by atoms with Crippen LogP contribution >= 0.6 is 31.9 Å². The zero-order chi connectivity index (χ0) is 15.8. The summed E-state index contributed by atoms with van der Waals surface area (Å²) in [6, 6.07) is 7.60. The van der Waals surface area contributed by atoms with Crippen LogP contribution in [0.3, 0.4) is 0 Å². The molecular formula is C14H12Br2FNO2S. The van der Waals surface area contributed by atoms with Gasteiger partial charge in [-0.2, -0.15) is 0 Å². The second-order valence-electron chi connectivity index (χ2n) is 4.62. The summed E-state index contributed by atoms with van der Waals surface area (Å²) in [5.74, 6) is -0.527. The number of benzene rings is 2. The van der Waals surface area contributed by atoms with Gasteiger partial charge in [0.2, 0.25) is 0 Å². The van der Waals surface area contributed by atoms with Crippen molar-refractivity contribution < 1.29 is 12.8 Å². The van der Waals surface area contributed by atoms with E-state index in [0.29, 0.717) is 14.5 Å². The predicted molar refractivity (Wildman–Crippen MR) is 88.5 cm³/mol. The van der Waals surface area contributed by atoms with E-state index in [4.69, 9.17) is 0 Å². The van der Waals surface area contributed by atoms with Gasteiger partial charge in [0.15, 0.2) is 0 Å². The standard InChI is InChI=1S/C14H12Br2FNO2S/c1-8-3-4-14(11(16)5-8)21(19,20)18-13-7-12(17)10(15)6-9(13)2/h3-7,18H,1-2H3. The largest absolute Gasteiger partial charge is 0.279 e. The summed E-state index contributed by atoms with van der Waals surface area (Å²) in [5, 5.41) is 0. The molecule has 0 amide bonds. The fourth-order valence-electron chi connectivity index (χ4n) is 1.78. The lowest BCUT2D eigenvalue weighted by Crippen LogP contribution is -2.14. The molecule has 112 valence electrons. The van der Waals surface area contributed by atoms with Crippen molar-refractivity contribution in [1.82, 2.24) is 0 Å². The van der Waals surface area contributed by atoms with E-state index in [1.54, 1.807) is 19.1 Å². The third-order valence-corrected chi connectivity index (χ3v) is 5.84. The molecule has 0 saturated heterocycles. The highest BCUT2D eigenvalue weighted by molar-refractivity contribution is 9.10. The molecule has 0 aliphatic carbocycles. The normalized spacial score (nSPS) is 11.5. The first-order chi connectivity index (χ1) is 9.70. The fraction of sp³-hybridized carbons (Fsp3) is 0.143. The summed E-state index contributed by atoms with van der Waals surface area (Å²) in [4.78, 5) is 0.107. The lowest BCUT2D eigenvalue weighted by molar-refractivity contribution is 0.600. The first kappa shape index (κ1) is 16.5. The molecule has 0 bridgehead atoms. The second-order valence-corrected chi connectivity index (χ2v) is 7.98. The molecule has 0 fully saturated rings. The Bertz CT molecular complexity index is 807. The fourth-order valence-corrected chi connectivity index (χ4v) is 4.55. The molecule has 0 radical (unpaired) electrons. The summed E-state index contributed by atoms with van der Waals surface area (Å²) in [5.41, 5.74) is 1.77. The van der Waals surface area contributed by atoms with Gasteiger partial charge in [-0.15, -0.1) is 0 Å². The molecule has 2 aromatic rings. The molecule has 1 N–H and O–H groups in total. The minimum absolute atomic E-state index is 0.107. The first-order valence-electron chi connectivity index (χ1n) is 5.95. The summed E-state index contributed by atoms with van der Waals surface area (Å²) in [7, 11) is -3.79. The van der Waals surface area contributed by atoms with Gasteiger partial charge in [-0.3, -0.25) is 4.72 Å². The number of nitrogens with one attached hydrogen (secondary N) is 1. The van der Waals surface area contributed by atoms with Gasteiger partial charge in [-0.05, 0) is 81.1 Å². The van der Waals surface area contributed by atoms with E-state index in [-0.39, 0.29) is 10.6 Å². The monoisotopic (exact) mass is 435 g/mol. The van der Waals surface area contributed by atoms with Crippen molar-refractivity contribution >= 4 is 47.6 Å². The van der Waals surface area contributed by atoms with Gasteiger partial charge in [-0.25, -0.2) is 12.8 Å². The van der Waals surface area contributed by atoms with Gasteiger partial charge >= 0.3 is 0 Å². The molecule has 0 saturated carbocycles. The highest BCUT2D eigenvalue weighted by Crippen LogP contribution is 2.28. The Labute approximate surface area is 139 Å². The molecule has 2 rings (SSSR count). The van der Waals surface area contributed by atoms with Crippen LogP contribution in [-0.4, -0.2) is 8.42 Å². The minimum Gasteiger partial charge on any atom is -0.279 e. The molecule has 0 aromatic heterocycles. The van der Waals surface area contributed by atoms with Crippen LogP contribution in [0.4, 0.5) is 10.1 Å². The van der Waals surface area contributed by atoms with E-state index < -0.39 is 15.8 Å². The molecule has 2 aromatic carbocycles. The number of hydrogen-bond donors (Lipinski definition) is 1. The van der Waals surface area contributed by atoms with Crippen LogP contribution in [0.25, 0.3) is 0 Å². The average Bonchev–Trinajstić information content (AvgIpc) is 2.35. The molecule has 0 aliphatic heterocycles. The van der Waals surface area contributed by atoms with E-state index in [1.807, 2.05) is 6.92 Å². The Morgan fingerprint density at radius 2 is 1.71 bits per heavy atom. The zero-order valence-corrected chi connectivity index (χ0v) is 15.2. The molecule has 21 heavy (non-hydrogen) atoms. The zero-order valence-electron chi connectivity index (χ0n) is 11.2. The molecule has 3 nitrogen and oxygen atoms in total. The van der Waals surface area contributed by atoms with Crippen molar-refractivity contribution in [2.75, 3.05) is 4.72 Å². The number of sulfonamides is 1. The van der Waals surface area contributed by atoms with Crippen molar-refractivity contribution in [1.29, 1.82) is 0 Å². The molecule has 0 heterocycles. The van der Waals surface area contributed by atoms with Crippen LogP contribution in [0.1, 0.15) is 11.1 Å². The van der Waals surface area contributed by atoms with Gasteiger partial charge in [0.05, 0.1) is 10.2 Å². The molecule has 7 heteroatoms. The number of hydrogen-bond acceptors (Lipinski definition) is 2. The SMILES string of the molecule is Cc1ccc(S(=O)(=O)Nc2cc(F)c(Br)cc2C)c(Br)c1. The number of halogens is 3. The number of anilines is 1. The van der Waals surface area contributed by atoms with Crippen LogP contribution in [0.5, 0.6) is 0 Å². The highest BCUT2D eigenvalue weighted by atomic mass is 79.9. The molecule has 0 aliphatic rings. The molecule has 0 atom stereocenters. The van der Waals surface area contributed by atoms with Gasteiger partial charge in [-0.1, -0.05) is 6.07 Å². The summed E-state index contributed by atoms with van der Waals surface area (Å²) in [6.07, 6.45) is 0. The van der Waals surface area contributed by atoms with Crippen molar-refractivity contribution in [3.63, 3.8) is 0 Å². The maximum absolute atomic E-state index is 13.6. The predicted octanol–water partition coefficient (Wildman–Crippen LogP) is 4.77. The Kier molecular flexibility index (Phi) is 4.75. The minimum atomic E-state index is -3.79. The van der Waals surface area contributed by atoms with Gasteiger partial charge in [0.1, 0.15) is 10.7 Å². The smallest absolute Gasteiger partial charge is 0.263 e. The third kappa shape index (κ3) is 3.64. The van der Waals surface area contributed by atoms with Crippen LogP contribution < -0.4 is 4.72 Å². The van der Waals surface area contributed by atoms with Crippen molar-refractivity contribution in [2.24, 2.45) is 0 Å².